The van der Waals surface area contributed by atoms with E-state index in [0.29, 0.717) is 24.1 Å². The van der Waals surface area contributed by atoms with Crippen LogP contribution in [0.3, 0.4) is 0 Å². The summed E-state index contributed by atoms with van der Waals surface area (Å²) >= 11 is 5.95. The summed E-state index contributed by atoms with van der Waals surface area (Å²) in [6.45, 7) is 0.127. The quantitative estimate of drug-likeness (QED) is 0.537. The summed E-state index contributed by atoms with van der Waals surface area (Å²) in [6, 6.07) is 8.58. The van der Waals surface area contributed by atoms with Crippen molar-refractivity contribution in [3.63, 3.8) is 0 Å². The normalized spacial score (nSPS) is 13.5. The highest BCUT2D eigenvalue weighted by Crippen LogP contribution is 2.34. The minimum Gasteiger partial charge on any atom is -0.481 e. The lowest BCUT2D eigenvalue weighted by Crippen LogP contribution is -2.35. The summed E-state index contributed by atoms with van der Waals surface area (Å²) in [5.74, 6) is -2.85. The molecule has 172 valence electrons. The van der Waals surface area contributed by atoms with Crippen molar-refractivity contribution in [2.24, 2.45) is 0 Å². The van der Waals surface area contributed by atoms with Gasteiger partial charge in [0.1, 0.15) is 18.0 Å². The molecule has 2 heterocycles. The molecular weight excluding hydrogens is 477 g/mol. The van der Waals surface area contributed by atoms with Gasteiger partial charge in [0.25, 0.3) is 5.91 Å². The molecule has 0 saturated heterocycles. The van der Waals surface area contributed by atoms with E-state index in [0.717, 1.165) is 16.6 Å². The van der Waals surface area contributed by atoms with Gasteiger partial charge in [-0.1, -0.05) is 23.7 Å². The van der Waals surface area contributed by atoms with Gasteiger partial charge in [-0.2, -0.15) is 8.42 Å². The number of hydrogen-bond donors (Lipinski definition) is 2. The van der Waals surface area contributed by atoms with Gasteiger partial charge in [0.15, 0.2) is 0 Å². The number of benzene rings is 2. The molecule has 0 spiro atoms. The topological polar surface area (TPSA) is 130 Å². The van der Waals surface area contributed by atoms with Gasteiger partial charge in [-0.05, 0) is 42.7 Å². The number of amides is 1. The molecule has 2 aromatic carbocycles. The van der Waals surface area contributed by atoms with Crippen LogP contribution in [-0.4, -0.2) is 36.9 Å². The number of carbonyl (C=O) groups excluding carboxylic acids is 1. The Morgan fingerprint density at radius 1 is 1.27 bits per heavy atom. The first kappa shape index (κ1) is 22.7. The Morgan fingerprint density at radius 3 is 2.79 bits per heavy atom. The van der Waals surface area contributed by atoms with E-state index in [-0.39, 0.29) is 28.6 Å². The van der Waals surface area contributed by atoms with Crippen LogP contribution in [-0.2, 0) is 27.7 Å². The highest BCUT2D eigenvalue weighted by Gasteiger charge is 2.33. The molecule has 1 amide bonds. The molecule has 3 aromatic rings. The molecule has 0 saturated carbocycles. The van der Waals surface area contributed by atoms with Crippen LogP contribution in [0.5, 0.6) is 0 Å². The maximum absolute atomic E-state index is 14.1. The zero-order chi connectivity index (χ0) is 23.8. The Morgan fingerprint density at radius 2 is 2.06 bits per heavy atom. The smallest absolute Gasteiger partial charge is 0.336 e. The molecule has 1 aliphatic heterocycles. The summed E-state index contributed by atoms with van der Waals surface area (Å²) in [6.07, 6.45) is 1.69. The van der Waals surface area contributed by atoms with Crippen LogP contribution >= 0.6 is 11.6 Å². The summed E-state index contributed by atoms with van der Waals surface area (Å²) in [4.78, 5) is 27.2. The van der Waals surface area contributed by atoms with Crippen LogP contribution in [0, 0.1) is 5.82 Å². The highest BCUT2D eigenvalue weighted by atomic mass is 35.5. The van der Waals surface area contributed by atoms with E-state index < -0.39 is 39.4 Å². The number of sulfonamides is 1. The van der Waals surface area contributed by atoms with Gasteiger partial charge in [-0.15, -0.1) is 0 Å². The minimum absolute atomic E-state index is 0.0595. The number of nitrogens with zero attached hydrogens (tertiary/aromatic N) is 2. The lowest BCUT2D eigenvalue weighted by atomic mass is 10.0. The van der Waals surface area contributed by atoms with Crippen LogP contribution in [0.15, 0.2) is 52.2 Å². The fourth-order valence-corrected chi connectivity index (χ4v) is 5.14. The number of hydrogen-bond acceptors (Lipinski definition) is 6. The standard InChI is InChI=1S/C21H17ClFN3O6S/c22-15-4-1-5-16(23)19(15)20(29)25-13-7-6-12-3-2-8-26(17(12)9-13)33(30,31)21-24-11-14(32-21)10-18(27)28/h1,4-7,9,11H,2-3,8,10H2,(H,25,29)(H,27,28). The van der Waals surface area contributed by atoms with E-state index in [1.165, 1.54) is 18.2 Å². The fraction of sp³-hybridized carbons (Fsp3) is 0.190. The number of anilines is 2. The SMILES string of the molecule is O=C(O)Cc1cnc(S(=O)(=O)N2CCCc3ccc(NC(=O)c4c(F)cccc4Cl)cc32)o1. The number of halogens is 2. The number of aliphatic carboxylic acids is 1. The first-order chi connectivity index (χ1) is 15.7. The molecule has 0 atom stereocenters. The first-order valence-corrected chi connectivity index (χ1v) is 11.6. The second-order valence-corrected chi connectivity index (χ2v) is 9.39. The molecular formula is C21H17ClFN3O6S. The van der Waals surface area contributed by atoms with Gasteiger partial charge in [0.05, 0.1) is 22.5 Å². The highest BCUT2D eigenvalue weighted by molar-refractivity contribution is 7.92. The largest absolute Gasteiger partial charge is 0.481 e. The van der Waals surface area contributed by atoms with Gasteiger partial charge in [0, 0.05) is 12.2 Å². The molecule has 1 aromatic heterocycles. The molecule has 0 bridgehead atoms. The van der Waals surface area contributed by atoms with E-state index in [1.807, 2.05) is 0 Å². The monoisotopic (exact) mass is 493 g/mol. The average Bonchev–Trinajstić information content (AvgIpc) is 3.22. The molecule has 1 aliphatic rings. The zero-order valence-corrected chi connectivity index (χ0v) is 18.5. The summed E-state index contributed by atoms with van der Waals surface area (Å²) in [7, 11) is -4.23. The van der Waals surface area contributed by atoms with Crippen molar-refractivity contribution in [2.45, 2.75) is 24.5 Å². The number of carbonyl (C=O) groups is 2. The van der Waals surface area contributed by atoms with Gasteiger partial charge in [0.2, 0.25) is 0 Å². The summed E-state index contributed by atoms with van der Waals surface area (Å²) in [5.41, 5.74) is 0.923. The van der Waals surface area contributed by atoms with E-state index in [2.05, 4.69) is 10.3 Å². The molecule has 33 heavy (non-hydrogen) atoms. The lowest BCUT2D eigenvalue weighted by molar-refractivity contribution is -0.136. The van der Waals surface area contributed by atoms with E-state index in [4.69, 9.17) is 21.1 Å². The first-order valence-electron chi connectivity index (χ1n) is 9.74. The maximum atomic E-state index is 14.1. The van der Waals surface area contributed by atoms with Crippen molar-refractivity contribution in [3.05, 3.63) is 70.3 Å². The van der Waals surface area contributed by atoms with Gasteiger partial charge in [-0.3, -0.25) is 13.9 Å². The van der Waals surface area contributed by atoms with Crippen molar-refractivity contribution < 1.29 is 31.9 Å². The average molecular weight is 494 g/mol. The van der Waals surface area contributed by atoms with Crippen molar-refractivity contribution in [1.82, 2.24) is 4.98 Å². The predicted octanol–water partition coefficient (Wildman–Crippen LogP) is 3.49. The third-order valence-electron chi connectivity index (χ3n) is 4.98. The number of carboxylic acid groups (broad SMARTS) is 1. The van der Waals surface area contributed by atoms with Crippen molar-refractivity contribution in [1.29, 1.82) is 0 Å². The Bertz CT molecular complexity index is 1340. The Kier molecular flexibility index (Phi) is 6.09. The number of carboxylic acids is 1. The fourth-order valence-electron chi connectivity index (χ4n) is 3.51. The second kappa shape index (κ2) is 8.83. The molecule has 0 unspecified atom stereocenters. The van der Waals surface area contributed by atoms with Crippen molar-refractivity contribution in [2.75, 3.05) is 16.2 Å². The van der Waals surface area contributed by atoms with Crippen LogP contribution in [0.2, 0.25) is 5.02 Å². The van der Waals surface area contributed by atoms with Crippen LogP contribution in [0.1, 0.15) is 28.1 Å². The Hall–Kier alpha value is -3.44. The number of nitrogens with one attached hydrogen (secondary N) is 1. The zero-order valence-electron chi connectivity index (χ0n) is 16.9. The third-order valence-corrected chi connectivity index (χ3v) is 6.88. The summed E-state index contributed by atoms with van der Waals surface area (Å²) < 4.78 is 46.6. The Balaban J connectivity index is 1.65. The Labute approximate surface area is 192 Å². The molecule has 4 rings (SSSR count). The van der Waals surface area contributed by atoms with Crippen LogP contribution in [0.4, 0.5) is 15.8 Å². The summed E-state index contributed by atoms with van der Waals surface area (Å²) in [5, 5.41) is 10.7. The molecule has 2 N–H and O–H groups in total. The number of aromatic nitrogens is 1. The molecule has 0 fully saturated rings. The van der Waals surface area contributed by atoms with Crippen molar-refractivity contribution >= 4 is 44.9 Å². The second-order valence-electron chi connectivity index (χ2n) is 7.24. The molecule has 0 aliphatic carbocycles. The maximum Gasteiger partial charge on any atom is 0.336 e. The number of rotatable bonds is 6. The van der Waals surface area contributed by atoms with E-state index >= 15 is 0 Å². The molecule has 9 nitrogen and oxygen atoms in total. The van der Waals surface area contributed by atoms with Gasteiger partial charge < -0.3 is 14.8 Å². The number of fused-ring (bicyclic) bond motifs is 1. The van der Waals surface area contributed by atoms with Crippen molar-refractivity contribution in [3.8, 4) is 0 Å². The predicted molar refractivity (Wildman–Crippen MR) is 117 cm³/mol. The number of oxazole rings is 1. The minimum atomic E-state index is -4.23. The van der Waals surface area contributed by atoms with E-state index in [9.17, 15) is 22.4 Å². The number of aryl methyl sites for hydroxylation is 1. The van der Waals surface area contributed by atoms with Crippen LogP contribution < -0.4 is 9.62 Å². The van der Waals surface area contributed by atoms with Crippen LogP contribution in [0.25, 0.3) is 0 Å². The molecule has 12 heteroatoms. The van der Waals surface area contributed by atoms with Gasteiger partial charge in [-0.25, -0.2) is 9.37 Å². The van der Waals surface area contributed by atoms with E-state index in [1.54, 1.807) is 12.1 Å². The third kappa shape index (κ3) is 4.55. The molecule has 0 radical (unpaired) electrons. The lowest BCUT2D eigenvalue weighted by Gasteiger charge is -2.29. The van der Waals surface area contributed by atoms with Gasteiger partial charge >= 0.3 is 21.2 Å².